The lowest BCUT2D eigenvalue weighted by molar-refractivity contribution is -0.143. The highest BCUT2D eigenvalue weighted by Gasteiger charge is 2.18. The number of carbonyl (C=O) groups is 2. The van der Waals surface area contributed by atoms with Crippen LogP contribution in [-0.2, 0) is 14.3 Å². The molecule has 0 fully saturated rings. The Bertz CT molecular complexity index is 1170. The average Bonchev–Trinajstić information content (AvgIpc) is 3.38. The highest BCUT2D eigenvalue weighted by atomic mass is 16.5. The van der Waals surface area contributed by atoms with Gasteiger partial charge in [-0.2, -0.15) is 0 Å². The van der Waals surface area contributed by atoms with E-state index in [-0.39, 0.29) is 18.5 Å². The van der Waals surface area contributed by atoms with Crippen LogP contribution in [0.4, 0.5) is 0 Å². The molecule has 0 radical (unpaired) electrons. The molecule has 72 heavy (non-hydrogen) atoms. The quantitative estimate of drug-likeness (QED) is 0.0320. The molecule has 0 aromatic rings. The monoisotopic (exact) mass is 1010 g/mol. The van der Waals surface area contributed by atoms with Crippen molar-refractivity contribution in [2.75, 3.05) is 13.2 Å². The molecule has 0 bridgehead atoms. The van der Waals surface area contributed by atoms with E-state index in [2.05, 4.69) is 43.5 Å². The van der Waals surface area contributed by atoms with E-state index in [1.807, 2.05) is 6.08 Å². The van der Waals surface area contributed by atoms with Crippen molar-refractivity contribution in [1.82, 2.24) is 5.32 Å². The van der Waals surface area contributed by atoms with Gasteiger partial charge < -0.3 is 20.3 Å². The molecule has 2 unspecified atom stereocenters. The summed E-state index contributed by atoms with van der Waals surface area (Å²) in [6.45, 7) is 4.89. The van der Waals surface area contributed by atoms with Gasteiger partial charge in [0.25, 0.3) is 0 Å². The summed E-state index contributed by atoms with van der Waals surface area (Å²) in [7, 11) is 0. The molecule has 0 heterocycles. The normalized spacial score (nSPS) is 12.8. The Balaban J connectivity index is 3.48. The molecule has 1 amide bonds. The van der Waals surface area contributed by atoms with Crippen molar-refractivity contribution in [3.05, 3.63) is 36.5 Å². The van der Waals surface area contributed by atoms with Gasteiger partial charge in [-0.3, -0.25) is 9.59 Å². The number of hydrogen-bond acceptors (Lipinski definition) is 5. The van der Waals surface area contributed by atoms with Gasteiger partial charge in [-0.15, -0.1) is 0 Å². The zero-order valence-electron chi connectivity index (χ0n) is 48.4. The molecule has 0 spiro atoms. The van der Waals surface area contributed by atoms with Crippen molar-refractivity contribution >= 4 is 11.9 Å². The maximum atomic E-state index is 12.5. The van der Waals surface area contributed by atoms with Gasteiger partial charge in [-0.05, 0) is 83.5 Å². The first-order valence-corrected chi connectivity index (χ1v) is 32.3. The number of aliphatic hydroxyl groups is 2. The van der Waals surface area contributed by atoms with Crippen molar-refractivity contribution in [1.29, 1.82) is 0 Å². The predicted octanol–water partition coefficient (Wildman–Crippen LogP) is 20.4. The van der Waals surface area contributed by atoms with E-state index in [1.165, 1.54) is 257 Å². The third-order valence-corrected chi connectivity index (χ3v) is 14.9. The minimum atomic E-state index is -0.855. The Morgan fingerprint density at radius 2 is 0.653 bits per heavy atom. The van der Waals surface area contributed by atoms with Crippen LogP contribution in [0.5, 0.6) is 0 Å². The van der Waals surface area contributed by atoms with Crippen molar-refractivity contribution in [3.8, 4) is 0 Å². The van der Waals surface area contributed by atoms with Crippen molar-refractivity contribution < 1.29 is 24.5 Å². The summed E-state index contributed by atoms with van der Waals surface area (Å²) >= 11 is 0. The van der Waals surface area contributed by atoms with Crippen molar-refractivity contribution in [3.63, 3.8) is 0 Å². The number of amides is 1. The summed E-state index contributed by atoms with van der Waals surface area (Å²) in [4.78, 5) is 24.5. The largest absolute Gasteiger partial charge is 0.466 e. The van der Waals surface area contributed by atoms with E-state index in [1.54, 1.807) is 6.08 Å². The number of nitrogens with one attached hydrogen (secondary N) is 1. The lowest BCUT2D eigenvalue weighted by atomic mass is 10.0. The lowest BCUT2D eigenvalue weighted by Gasteiger charge is -2.20. The average molecular weight is 1010 g/mol. The van der Waals surface area contributed by atoms with E-state index in [0.29, 0.717) is 19.4 Å². The van der Waals surface area contributed by atoms with Gasteiger partial charge in [-0.1, -0.05) is 288 Å². The van der Waals surface area contributed by atoms with Crippen LogP contribution in [0, 0.1) is 0 Å². The highest BCUT2D eigenvalue weighted by Crippen LogP contribution is 2.17. The van der Waals surface area contributed by atoms with Crippen LogP contribution in [0.15, 0.2) is 36.5 Å². The second kappa shape index (κ2) is 61.6. The standard InChI is InChI=1S/C66H125NO5/c1-3-5-7-9-11-13-15-17-18-19-20-21-22-23-24-25-28-31-35-38-42-46-50-54-58-64(69)63(62-68)67-65(70)59-55-51-47-43-39-36-32-29-26-27-30-33-37-41-45-49-53-57-61-72-66(71)60-56-52-48-44-40-34-16-14-12-10-8-6-4-2/h14,16,29,32,54,58,63-64,68-69H,3-13,15,17-28,30-31,33-53,55-57,59-62H2,1-2H3,(H,67,70)/b16-14-,32-29-,58-54+. The molecule has 0 aromatic carbocycles. The molecule has 6 nitrogen and oxygen atoms in total. The van der Waals surface area contributed by atoms with Crippen LogP contribution in [0.25, 0.3) is 0 Å². The Morgan fingerprint density at radius 1 is 0.375 bits per heavy atom. The van der Waals surface area contributed by atoms with Crippen molar-refractivity contribution in [2.24, 2.45) is 0 Å². The van der Waals surface area contributed by atoms with Gasteiger partial charge in [0, 0.05) is 12.8 Å². The third kappa shape index (κ3) is 57.4. The summed E-state index contributed by atoms with van der Waals surface area (Å²) in [5.41, 5.74) is 0. The van der Waals surface area contributed by atoms with Crippen molar-refractivity contribution in [2.45, 2.75) is 360 Å². The maximum absolute atomic E-state index is 12.5. The molecule has 0 aromatic heterocycles. The van der Waals surface area contributed by atoms with Crippen LogP contribution < -0.4 is 5.32 Å². The first-order valence-electron chi connectivity index (χ1n) is 32.3. The van der Waals surface area contributed by atoms with E-state index < -0.39 is 12.1 Å². The summed E-state index contributed by atoms with van der Waals surface area (Å²) in [6, 6.07) is -0.640. The van der Waals surface area contributed by atoms with E-state index in [4.69, 9.17) is 4.74 Å². The van der Waals surface area contributed by atoms with Gasteiger partial charge in [-0.25, -0.2) is 0 Å². The van der Waals surface area contributed by atoms with Crippen LogP contribution in [0.2, 0.25) is 0 Å². The van der Waals surface area contributed by atoms with E-state index in [9.17, 15) is 19.8 Å². The molecule has 0 saturated heterocycles. The third-order valence-electron chi connectivity index (χ3n) is 14.9. The molecule has 0 aliphatic heterocycles. The molecule has 0 saturated carbocycles. The van der Waals surface area contributed by atoms with Gasteiger partial charge in [0.15, 0.2) is 0 Å². The number of ether oxygens (including phenoxy) is 1. The zero-order chi connectivity index (χ0) is 52.2. The number of allylic oxidation sites excluding steroid dienone is 5. The molecule has 424 valence electrons. The number of carbonyl (C=O) groups excluding carboxylic acids is 2. The topological polar surface area (TPSA) is 95.9 Å². The number of hydrogen-bond donors (Lipinski definition) is 3. The van der Waals surface area contributed by atoms with Crippen LogP contribution in [0.1, 0.15) is 348 Å². The van der Waals surface area contributed by atoms with Crippen LogP contribution >= 0.6 is 0 Å². The Kier molecular flexibility index (Phi) is 60.0. The summed E-state index contributed by atoms with van der Waals surface area (Å²) in [5, 5.41) is 23.2. The molecular weight excluding hydrogens is 887 g/mol. The first kappa shape index (κ1) is 70.1. The van der Waals surface area contributed by atoms with E-state index >= 15 is 0 Å². The van der Waals surface area contributed by atoms with Gasteiger partial charge in [0.2, 0.25) is 5.91 Å². The summed E-state index contributed by atoms with van der Waals surface area (Å²) in [5.74, 6) is -0.0863. The molecule has 0 aliphatic rings. The minimum Gasteiger partial charge on any atom is -0.466 e. The minimum absolute atomic E-state index is 0.00681. The molecule has 6 heteroatoms. The lowest BCUT2D eigenvalue weighted by Crippen LogP contribution is -2.45. The zero-order valence-corrected chi connectivity index (χ0v) is 48.4. The van der Waals surface area contributed by atoms with Crippen LogP contribution in [0.3, 0.4) is 0 Å². The number of unbranched alkanes of at least 4 members (excludes halogenated alkanes) is 45. The summed E-state index contributed by atoms with van der Waals surface area (Å²) < 4.78 is 5.47. The predicted molar refractivity (Wildman–Crippen MR) is 315 cm³/mol. The van der Waals surface area contributed by atoms with Crippen LogP contribution in [-0.4, -0.2) is 47.4 Å². The number of esters is 1. The first-order chi connectivity index (χ1) is 35.5. The number of aliphatic hydroxyl groups excluding tert-OH is 2. The molecule has 3 N–H and O–H groups in total. The SMILES string of the molecule is CCCCCC/C=C\CCCCCCCC(=O)OCCCCCCCCCCC/C=C\CCCCCCCC(=O)NC(CO)C(O)/C=C/CCCCCCCCCCCCCCCCCCCCCCCC. The second-order valence-electron chi connectivity index (χ2n) is 22.1. The Labute approximate surface area is 449 Å². The molecule has 2 atom stereocenters. The fourth-order valence-corrected chi connectivity index (χ4v) is 9.92. The smallest absolute Gasteiger partial charge is 0.305 e. The Hall–Kier alpha value is -1.92. The van der Waals surface area contributed by atoms with E-state index in [0.717, 1.165) is 64.2 Å². The van der Waals surface area contributed by atoms with Gasteiger partial charge >= 0.3 is 5.97 Å². The molecule has 0 aliphatic carbocycles. The Morgan fingerprint density at radius 3 is 1.00 bits per heavy atom. The fourth-order valence-electron chi connectivity index (χ4n) is 9.92. The molecular formula is C66H125NO5. The van der Waals surface area contributed by atoms with Gasteiger partial charge in [0.1, 0.15) is 0 Å². The molecule has 0 rings (SSSR count). The van der Waals surface area contributed by atoms with Gasteiger partial charge in [0.05, 0.1) is 25.4 Å². The number of rotatable bonds is 60. The highest BCUT2D eigenvalue weighted by molar-refractivity contribution is 5.76. The second-order valence-corrected chi connectivity index (χ2v) is 22.1. The summed E-state index contributed by atoms with van der Waals surface area (Å²) in [6.07, 6.45) is 77.6. The maximum Gasteiger partial charge on any atom is 0.305 e. The fraction of sp³-hybridized carbons (Fsp3) is 0.879.